The first-order chi connectivity index (χ1) is 14.4. The molecule has 0 spiro atoms. The summed E-state index contributed by atoms with van der Waals surface area (Å²) in [6.07, 6.45) is 0. The second-order valence-corrected chi connectivity index (χ2v) is 7.82. The molecule has 3 aromatic carbocycles. The van der Waals surface area contributed by atoms with E-state index < -0.39 is 0 Å². The van der Waals surface area contributed by atoms with Gasteiger partial charge in [0.2, 0.25) is 0 Å². The van der Waals surface area contributed by atoms with Crippen molar-refractivity contribution in [3.63, 3.8) is 0 Å². The largest absolute Gasteiger partial charge is 0.496 e. The monoisotopic (exact) mass is 423 g/mol. The van der Waals surface area contributed by atoms with Crippen molar-refractivity contribution in [2.75, 3.05) is 7.11 Å². The SMILES string of the molecule is COc1ccc(C(=O)N[C@@H](C)c2ccc(Cl)cc2)cc1COc1cc(C)cc(C)c1. The molecule has 4 nitrogen and oxygen atoms in total. The Morgan fingerprint density at radius 2 is 1.67 bits per heavy atom. The molecule has 0 radical (unpaired) electrons. The minimum absolute atomic E-state index is 0.146. The summed E-state index contributed by atoms with van der Waals surface area (Å²) in [5.41, 5.74) is 4.63. The van der Waals surface area contributed by atoms with Crippen LogP contribution >= 0.6 is 11.6 Å². The minimum Gasteiger partial charge on any atom is -0.496 e. The van der Waals surface area contributed by atoms with Crippen LogP contribution in [-0.4, -0.2) is 13.0 Å². The van der Waals surface area contributed by atoms with E-state index in [1.165, 1.54) is 0 Å². The van der Waals surface area contributed by atoms with Crippen LogP contribution in [0.5, 0.6) is 11.5 Å². The predicted octanol–water partition coefficient (Wildman–Crippen LogP) is 6.04. The third-order valence-corrected chi connectivity index (χ3v) is 5.10. The number of halogens is 1. The molecule has 3 aromatic rings. The molecule has 0 saturated carbocycles. The molecule has 0 aliphatic rings. The second-order valence-electron chi connectivity index (χ2n) is 7.39. The number of methoxy groups -OCH3 is 1. The Morgan fingerprint density at radius 3 is 2.30 bits per heavy atom. The van der Waals surface area contributed by atoms with E-state index in [0.717, 1.165) is 28.0 Å². The zero-order valence-electron chi connectivity index (χ0n) is 17.7. The first-order valence-corrected chi connectivity index (χ1v) is 10.2. The smallest absolute Gasteiger partial charge is 0.251 e. The number of amides is 1. The number of carbonyl (C=O) groups is 1. The van der Waals surface area contributed by atoms with Crippen molar-refractivity contribution in [2.24, 2.45) is 0 Å². The lowest BCUT2D eigenvalue weighted by atomic mass is 10.1. The Balaban J connectivity index is 1.74. The maximum absolute atomic E-state index is 12.8. The summed E-state index contributed by atoms with van der Waals surface area (Å²) >= 11 is 5.94. The molecular formula is C25H26ClNO3. The third-order valence-electron chi connectivity index (χ3n) is 4.85. The highest BCUT2D eigenvalue weighted by molar-refractivity contribution is 6.30. The molecule has 0 heterocycles. The molecule has 0 bridgehead atoms. The average molecular weight is 424 g/mol. The van der Waals surface area contributed by atoms with Gasteiger partial charge < -0.3 is 14.8 Å². The van der Waals surface area contributed by atoms with Crippen molar-refractivity contribution >= 4 is 17.5 Å². The fraction of sp³-hybridized carbons (Fsp3) is 0.240. The van der Waals surface area contributed by atoms with Crippen LogP contribution in [0.2, 0.25) is 5.02 Å². The van der Waals surface area contributed by atoms with Gasteiger partial charge >= 0.3 is 0 Å². The molecule has 1 atom stereocenters. The minimum atomic E-state index is -0.159. The van der Waals surface area contributed by atoms with Gasteiger partial charge in [-0.05, 0) is 79.9 Å². The number of benzene rings is 3. The topological polar surface area (TPSA) is 47.6 Å². The van der Waals surface area contributed by atoms with E-state index in [9.17, 15) is 4.79 Å². The van der Waals surface area contributed by atoms with Crippen LogP contribution in [0, 0.1) is 13.8 Å². The lowest BCUT2D eigenvalue weighted by Gasteiger charge is -2.16. The van der Waals surface area contributed by atoms with Gasteiger partial charge in [-0.3, -0.25) is 4.79 Å². The van der Waals surface area contributed by atoms with E-state index in [1.807, 2.05) is 63.2 Å². The number of hydrogen-bond acceptors (Lipinski definition) is 3. The number of aryl methyl sites for hydroxylation is 2. The van der Waals surface area contributed by atoms with Crippen LogP contribution in [0.25, 0.3) is 0 Å². The number of rotatable bonds is 7. The summed E-state index contributed by atoms with van der Waals surface area (Å²) in [7, 11) is 1.61. The van der Waals surface area contributed by atoms with E-state index >= 15 is 0 Å². The Bertz CT molecular complexity index is 1010. The molecule has 5 heteroatoms. The van der Waals surface area contributed by atoms with Crippen molar-refractivity contribution < 1.29 is 14.3 Å². The van der Waals surface area contributed by atoms with Gasteiger partial charge in [0.25, 0.3) is 5.91 Å². The molecule has 0 aliphatic carbocycles. The Morgan fingerprint density at radius 1 is 1.00 bits per heavy atom. The van der Waals surface area contributed by atoms with Crippen LogP contribution in [0.15, 0.2) is 60.7 Å². The van der Waals surface area contributed by atoms with Crippen molar-refractivity contribution in [1.82, 2.24) is 5.32 Å². The summed E-state index contributed by atoms with van der Waals surface area (Å²) in [5.74, 6) is 1.31. The molecule has 1 amide bonds. The summed E-state index contributed by atoms with van der Waals surface area (Å²) in [6.45, 7) is 6.31. The maximum Gasteiger partial charge on any atom is 0.251 e. The standard InChI is InChI=1S/C25H26ClNO3/c1-16-11-17(2)13-23(12-16)30-15-21-14-20(7-10-24(21)29-4)25(28)27-18(3)19-5-8-22(26)9-6-19/h5-14,18H,15H2,1-4H3,(H,27,28)/t18-/m0/s1. The summed E-state index contributed by atoms with van der Waals surface area (Å²) in [6, 6.07) is 18.7. The van der Waals surface area contributed by atoms with E-state index in [2.05, 4.69) is 11.4 Å². The van der Waals surface area contributed by atoms with Crippen LogP contribution < -0.4 is 14.8 Å². The van der Waals surface area contributed by atoms with Crippen molar-refractivity contribution in [3.8, 4) is 11.5 Å². The molecule has 0 saturated heterocycles. The van der Waals surface area contributed by atoms with Gasteiger partial charge in [0.15, 0.2) is 0 Å². The molecule has 0 unspecified atom stereocenters. The van der Waals surface area contributed by atoms with Gasteiger partial charge in [-0.2, -0.15) is 0 Å². The van der Waals surface area contributed by atoms with Crippen molar-refractivity contribution in [2.45, 2.75) is 33.4 Å². The van der Waals surface area contributed by atoms with Gasteiger partial charge in [0, 0.05) is 16.1 Å². The fourth-order valence-corrected chi connectivity index (χ4v) is 3.45. The summed E-state index contributed by atoms with van der Waals surface area (Å²) < 4.78 is 11.4. The number of hydrogen-bond donors (Lipinski definition) is 1. The summed E-state index contributed by atoms with van der Waals surface area (Å²) in [5, 5.41) is 3.69. The first-order valence-electron chi connectivity index (χ1n) is 9.80. The predicted molar refractivity (Wildman–Crippen MR) is 121 cm³/mol. The lowest BCUT2D eigenvalue weighted by Crippen LogP contribution is -2.26. The highest BCUT2D eigenvalue weighted by Gasteiger charge is 2.14. The highest BCUT2D eigenvalue weighted by Crippen LogP contribution is 2.24. The van der Waals surface area contributed by atoms with Gasteiger partial charge in [0.05, 0.1) is 13.2 Å². The van der Waals surface area contributed by atoms with Crippen LogP contribution in [0.3, 0.4) is 0 Å². The first kappa shape index (κ1) is 21.7. The second kappa shape index (κ2) is 9.68. The van der Waals surface area contributed by atoms with E-state index in [-0.39, 0.29) is 11.9 Å². The Hall–Kier alpha value is -2.98. The number of ether oxygens (including phenoxy) is 2. The number of carbonyl (C=O) groups excluding carboxylic acids is 1. The van der Waals surface area contributed by atoms with Crippen LogP contribution in [0.4, 0.5) is 0 Å². The zero-order chi connectivity index (χ0) is 21.7. The summed E-state index contributed by atoms with van der Waals surface area (Å²) in [4.78, 5) is 12.8. The van der Waals surface area contributed by atoms with Gasteiger partial charge in [-0.25, -0.2) is 0 Å². The van der Waals surface area contributed by atoms with Gasteiger partial charge in [-0.15, -0.1) is 0 Å². The molecule has 156 valence electrons. The number of nitrogens with one attached hydrogen (secondary N) is 1. The fourth-order valence-electron chi connectivity index (χ4n) is 3.32. The van der Waals surface area contributed by atoms with E-state index in [1.54, 1.807) is 19.2 Å². The van der Waals surface area contributed by atoms with Gasteiger partial charge in [-0.1, -0.05) is 29.8 Å². The molecule has 0 aromatic heterocycles. The maximum atomic E-state index is 12.8. The molecule has 1 N–H and O–H groups in total. The van der Waals surface area contributed by atoms with Crippen molar-refractivity contribution in [1.29, 1.82) is 0 Å². The van der Waals surface area contributed by atoms with Crippen LogP contribution in [0.1, 0.15) is 45.6 Å². The molecule has 0 aliphatic heterocycles. The van der Waals surface area contributed by atoms with Crippen molar-refractivity contribution in [3.05, 3.63) is 93.5 Å². The molecule has 3 rings (SSSR count). The molecule has 0 fully saturated rings. The molecule has 30 heavy (non-hydrogen) atoms. The molecular weight excluding hydrogens is 398 g/mol. The van der Waals surface area contributed by atoms with Gasteiger partial charge in [0.1, 0.15) is 18.1 Å². The van der Waals surface area contributed by atoms with Crippen LogP contribution in [-0.2, 0) is 6.61 Å². The van der Waals surface area contributed by atoms with E-state index in [0.29, 0.717) is 22.9 Å². The third kappa shape index (κ3) is 5.55. The lowest BCUT2D eigenvalue weighted by molar-refractivity contribution is 0.0939. The normalized spacial score (nSPS) is 11.6. The zero-order valence-corrected chi connectivity index (χ0v) is 18.4. The quantitative estimate of drug-likeness (QED) is 0.504. The highest BCUT2D eigenvalue weighted by atomic mass is 35.5. The average Bonchev–Trinajstić information content (AvgIpc) is 2.71. The Kier molecular flexibility index (Phi) is 7.01. The Labute approximate surface area is 182 Å². The van der Waals surface area contributed by atoms with E-state index in [4.69, 9.17) is 21.1 Å².